The van der Waals surface area contributed by atoms with Gasteiger partial charge in [-0.15, -0.1) is 0 Å². The Morgan fingerprint density at radius 1 is 1.28 bits per heavy atom. The molecule has 8 nitrogen and oxygen atoms in total. The molecule has 25 heavy (non-hydrogen) atoms. The second-order valence-electron chi connectivity index (χ2n) is 5.69. The molecule has 0 radical (unpaired) electrons. The van der Waals surface area contributed by atoms with Crippen LogP contribution in [0.15, 0.2) is 21.6 Å². The maximum atomic E-state index is 12.5. The number of amides is 2. The summed E-state index contributed by atoms with van der Waals surface area (Å²) in [5.74, 6) is -0.337. The van der Waals surface area contributed by atoms with Gasteiger partial charge in [0.1, 0.15) is 17.0 Å². The third-order valence-corrected chi connectivity index (χ3v) is 3.99. The third kappa shape index (κ3) is 3.62. The number of hydrogen-bond acceptors (Lipinski definition) is 5. The topological polar surface area (TPSA) is 97.4 Å². The largest absolute Gasteiger partial charge is 0.361 e. The average Bonchev–Trinajstić information content (AvgIpc) is 2.91. The van der Waals surface area contributed by atoms with E-state index in [1.165, 1.54) is 23.9 Å². The Kier molecular flexibility index (Phi) is 5.41. The van der Waals surface area contributed by atoms with Gasteiger partial charge in [-0.25, -0.2) is 0 Å². The molecule has 0 aromatic carbocycles. The Morgan fingerprint density at radius 3 is 2.44 bits per heavy atom. The predicted octanol–water partition coefficient (Wildman–Crippen LogP) is 1.72. The van der Waals surface area contributed by atoms with E-state index in [1.807, 2.05) is 13.8 Å². The zero-order valence-electron chi connectivity index (χ0n) is 15.0. The molecule has 0 saturated heterocycles. The first-order chi connectivity index (χ1) is 11.8. The molecule has 0 spiro atoms. The van der Waals surface area contributed by atoms with E-state index in [0.717, 1.165) is 0 Å². The summed E-state index contributed by atoms with van der Waals surface area (Å²) in [6, 6.07) is 1.40. The molecule has 0 bridgehead atoms. The lowest BCUT2D eigenvalue weighted by molar-refractivity contribution is 0.0771. The Bertz CT molecular complexity index is 843. The smallest absolute Gasteiger partial charge is 0.274 e. The summed E-state index contributed by atoms with van der Waals surface area (Å²) >= 11 is 0. The second-order valence-corrected chi connectivity index (χ2v) is 5.69. The first kappa shape index (κ1) is 18.4. The molecular formula is C17H22N4O4. The van der Waals surface area contributed by atoms with Gasteiger partial charge in [-0.3, -0.25) is 14.4 Å². The lowest BCUT2D eigenvalue weighted by Crippen LogP contribution is -2.32. The fraction of sp³-hybridized carbons (Fsp3) is 0.412. The summed E-state index contributed by atoms with van der Waals surface area (Å²) in [7, 11) is 1.53. The summed E-state index contributed by atoms with van der Waals surface area (Å²) in [6.07, 6.45) is 1.47. The SMILES string of the molecule is CCN(CC)C(=O)c1cc(NC(=O)c2c(C)noc2C)c(=O)n(C)c1. The summed E-state index contributed by atoms with van der Waals surface area (Å²) in [4.78, 5) is 38.9. The van der Waals surface area contributed by atoms with Crippen LogP contribution in [0, 0.1) is 13.8 Å². The van der Waals surface area contributed by atoms with Crippen LogP contribution in [-0.4, -0.2) is 39.5 Å². The van der Waals surface area contributed by atoms with Gasteiger partial charge in [0, 0.05) is 26.3 Å². The standard InChI is InChI=1S/C17H22N4O4/c1-6-21(7-2)16(23)12-8-13(17(24)20(5)9-12)18-15(22)14-10(3)19-25-11(14)4/h8-9H,6-7H2,1-5H3,(H,18,22). The molecule has 2 heterocycles. The molecular weight excluding hydrogens is 324 g/mol. The van der Waals surface area contributed by atoms with Crippen molar-refractivity contribution in [2.45, 2.75) is 27.7 Å². The fourth-order valence-corrected chi connectivity index (χ4v) is 2.60. The van der Waals surface area contributed by atoms with Crippen LogP contribution in [0.3, 0.4) is 0 Å². The quantitative estimate of drug-likeness (QED) is 0.889. The molecule has 8 heteroatoms. The number of nitrogens with one attached hydrogen (secondary N) is 1. The molecule has 1 N–H and O–H groups in total. The number of aromatic nitrogens is 2. The van der Waals surface area contributed by atoms with Crippen molar-refractivity contribution in [1.29, 1.82) is 0 Å². The Labute approximate surface area is 145 Å². The highest BCUT2D eigenvalue weighted by atomic mass is 16.5. The van der Waals surface area contributed by atoms with Gasteiger partial charge in [-0.2, -0.15) is 0 Å². The Morgan fingerprint density at radius 2 is 1.92 bits per heavy atom. The predicted molar refractivity (Wildman–Crippen MR) is 92.9 cm³/mol. The van der Waals surface area contributed by atoms with Gasteiger partial charge in [0.15, 0.2) is 0 Å². The van der Waals surface area contributed by atoms with Crippen LogP contribution in [0.1, 0.15) is 46.0 Å². The van der Waals surface area contributed by atoms with E-state index in [-0.39, 0.29) is 17.2 Å². The summed E-state index contributed by atoms with van der Waals surface area (Å²) in [5, 5.41) is 6.29. The van der Waals surface area contributed by atoms with Gasteiger partial charge in [-0.1, -0.05) is 5.16 Å². The van der Waals surface area contributed by atoms with Gasteiger partial charge in [-0.05, 0) is 33.8 Å². The number of rotatable bonds is 5. The van der Waals surface area contributed by atoms with Crippen molar-refractivity contribution in [3.63, 3.8) is 0 Å². The van der Waals surface area contributed by atoms with E-state index in [0.29, 0.717) is 30.1 Å². The number of aryl methyl sites for hydroxylation is 3. The van der Waals surface area contributed by atoms with E-state index < -0.39 is 11.5 Å². The molecule has 0 aliphatic heterocycles. The van der Waals surface area contributed by atoms with Crippen molar-refractivity contribution < 1.29 is 14.1 Å². The van der Waals surface area contributed by atoms with Crippen LogP contribution in [0.25, 0.3) is 0 Å². The lowest BCUT2D eigenvalue weighted by atomic mass is 10.1. The molecule has 0 aliphatic carbocycles. The van der Waals surface area contributed by atoms with Crippen molar-refractivity contribution in [2.75, 3.05) is 18.4 Å². The zero-order chi connectivity index (χ0) is 18.7. The Hall–Kier alpha value is -2.90. The number of pyridine rings is 1. The van der Waals surface area contributed by atoms with Gasteiger partial charge in [0.05, 0.1) is 11.3 Å². The van der Waals surface area contributed by atoms with Crippen molar-refractivity contribution in [1.82, 2.24) is 14.6 Å². The molecule has 0 unspecified atom stereocenters. The average molecular weight is 346 g/mol. The van der Waals surface area contributed by atoms with E-state index >= 15 is 0 Å². The first-order valence-electron chi connectivity index (χ1n) is 8.04. The number of carbonyl (C=O) groups excluding carboxylic acids is 2. The van der Waals surface area contributed by atoms with Crippen LogP contribution in [0.4, 0.5) is 5.69 Å². The molecule has 0 fully saturated rings. The van der Waals surface area contributed by atoms with Gasteiger partial charge in [0.25, 0.3) is 17.4 Å². The fourth-order valence-electron chi connectivity index (χ4n) is 2.60. The molecule has 0 atom stereocenters. The summed E-state index contributed by atoms with van der Waals surface area (Å²) in [5.41, 5.74) is 0.672. The van der Waals surface area contributed by atoms with Crippen molar-refractivity contribution in [2.24, 2.45) is 7.05 Å². The van der Waals surface area contributed by atoms with E-state index in [4.69, 9.17) is 4.52 Å². The van der Waals surface area contributed by atoms with Crippen LogP contribution >= 0.6 is 0 Å². The maximum Gasteiger partial charge on any atom is 0.274 e. The second kappa shape index (κ2) is 7.33. The normalized spacial score (nSPS) is 10.6. The maximum absolute atomic E-state index is 12.5. The highest BCUT2D eigenvalue weighted by Gasteiger charge is 2.21. The zero-order valence-corrected chi connectivity index (χ0v) is 15.0. The Balaban J connectivity index is 2.40. The molecule has 2 rings (SSSR count). The van der Waals surface area contributed by atoms with Crippen LogP contribution < -0.4 is 10.9 Å². The van der Waals surface area contributed by atoms with Crippen LogP contribution in [-0.2, 0) is 7.05 Å². The number of nitrogens with zero attached hydrogens (tertiary/aromatic N) is 3. The van der Waals surface area contributed by atoms with Crippen molar-refractivity contribution >= 4 is 17.5 Å². The first-order valence-corrected chi connectivity index (χ1v) is 8.04. The van der Waals surface area contributed by atoms with Gasteiger partial charge < -0.3 is 19.3 Å². The number of hydrogen-bond donors (Lipinski definition) is 1. The molecule has 0 saturated carbocycles. The number of anilines is 1. The molecule has 2 aromatic heterocycles. The van der Waals surface area contributed by atoms with Crippen LogP contribution in [0.2, 0.25) is 0 Å². The van der Waals surface area contributed by atoms with E-state index in [2.05, 4.69) is 10.5 Å². The number of carbonyl (C=O) groups is 2. The minimum atomic E-state index is -0.499. The van der Waals surface area contributed by atoms with Gasteiger partial charge >= 0.3 is 0 Å². The molecule has 2 amide bonds. The third-order valence-electron chi connectivity index (χ3n) is 3.99. The summed E-state index contributed by atoms with van der Waals surface area (Å²) < 4.78 is 6.25. The monoisotopic (exact) mass is 346 g/mol. The molecule has 2 aromatic rings. The van der Waals surface area contributed by atoms with E-state index in [9.17, 15) is 14.4 Å². The molecule has 0 aliphatic rings. The van der Waals surface area contributed by atoms with Crippen molar-refractivity contribution in [3.05, 3.63) is 45.2 Å². The summed E-state index contributed by atoms with van der Waals surface area (Å²) in [6.45, 7) is 8.13. The highest BCUT2D eigenvalue weighted by molar-refractivity contribution is 6.06. The minimum absolute atomic E-state index is 0.0329. The van der Waals surface area contributed by atoms with Gasteiger partial charge in [0.2, 0.25) is 0 Å². The van der Waals surface area contributed by atoms with Crippen molar-refractivity contribution in [3.8, 4) is 0 Å². The lowest BCUT2D eigenvalue weighted by Gasteiger charge is -2.19. The minimum Gasteiger partial charge on any atom is -0.361 e. The van der Waals surface area contributed by atoms with E-state index in [1.54, 1.807) is 18.7 Å². The van der Waals surface area contributed by atoms with Crippen LogP contribution in [0.5, 0.6) is 0 Å². The highest BCUT2D eigenvalue weighted by Crippen LogP contribution is 2.15. The molecule has 134 valence electrons.